The zero-order valence-electron chi connectivity index (χ0n) is 22.8. The number of nitrogens with two attached hydrogens (primary N) is 1. The van der Waals surface area contributed by atoms with Gasteiger partial charge in [-0.05, 0) is 43.2 Å². The molecule has 0 aromatic heterocycles. The van der Waals surface area contributed by atoms with Crippen LogP contribution in [0.25, 0.3) is 0 Å². The number of likely N-dealkylation sites (N-methyl/N-ethyl adjacent to an activating group) is 1. The fraction of sp³-hybridized carbons (Fsp3) is 0.423. The molecule has 1 heterocycles. The molecule has 41 heavy (non-hydrogen) atoms. The molecule has 0 bridgehead atoms. The number of rotatable bonds is 7. The van der Waals surface area contributed by atoms with E-state index in [0.29, 0.717) is 11.3 Å². The van der Waals surface area contributed by atoms with E-state index in [2.05, 4.69) is 0 Å². The molecule has 1 saturated heterocycles. The van der Waals surface area contributed by atoms with E-state index in [1.54, 1.807) is 62.6 Å². The third kappa shape index (κ3) is 8.39. The van der Waals surface area contributed by atoms with Gasteiger partial charge in [0, 0.05) is 27.7 Å². The van der Waals surface area contributed by atoms with Crippen molar-refractivity contribution in [1.82, 2.24) is 9.80 Å². The Morgan fingerprint density at radius 2 is 1.54 bits per heavy atom. The van der Waals surface area contributed by atoms with Gasteiger partial charge in [0.1, 0.15) is 12.2 Å². The van der Waals surface area contributed by atoms with Crippen molar-refractivity contribution in [2.75, 3.05) is 38.5 Å². The summed E-state index contributed by atoms with van der Waals surface area (Å²) in [6, 6.07) is 11.7. The normalized spacial score (nSPS) is 16.7. The summed E-state index contributed by atoms with van der Waals surface area (Å²) >= 11 is 0. The number of sulfonamides is 1. The molecule has 0 radical (unpaired) electrons. The fourth-order valence-corrected chi connectivity index (χ4v) is 5.15. The summed E-state index contributed by atoms with van der Waals surface area (Å²) in [5.41, 5.74) is 8.06. The van der Waals surface area contributed by atoms with Crippen LogP contribution in [0.15, 0.2) is 53.4 Å². The van der Waals surface area contributed by atoms with Gasteiger partial charge in [0.15, 0.2) is 0 Å². The number of carbonyl (C=O) groups is 3. The molecule has 1 aliphatic heterocycles. The van der Waals surface area contributed by atoms with E-state index in [1.165, 1.54) is 16.8 Å². The van der Waals surface area contributed by atoms with Gasteiger partial charge in [-0.15, -0.1) is 0 Å². The predicted octanol–water partition coefficient (Wildman–Crippen LogP) is 2.52. The Balaban J connectivity index is 0.000000745. The van der Waals surface area contributed by atoms with Crippen LogP contribution in [0.3, 0.4) is 0 Å². The molecule has 1 aliphatic rings. The summed E-state index contributed by atoms with van der Waals surface area (Å²) in [5.74, 6) is -4.60. The highest BCUT2D eigenvalue weighted by atomic mass is 32.2. The molecule has 10 nitrogen and oxygen atoms in total. The molecule has 2 amide bonds. The summed E-state index contributed by atoms with van der Waals surface area (Å²) < 4.78 is 72.5. The number of likely N-dealkylation sites (tertiary alicyclic amines) is 1. The Labute approximate surface area is 235 Å². The molecular formula is C26H32F4N4O6S. The third-order valence-electron chi connectivity index (χ3n) is 6.33. The number of nitrogens with zero attached hydrogens (tertiary/aromatic N) is 3. The van der Waals surface area contributed by atoms with Gasteiger partial charge in [-0.3, -0.25) is 13.9 Å². The van der Waals surface area contributed by atoms with Crippen molar-refractivity contribution in [3.63, 3.8) is 0 Å². The lowest BCUT2D eigenvalue weighted by molar-refractivity contribution is -0.192. The van der Waals surface area contributed by atoms with Crippen molar-refractivity contribution in [1.29, 1.82) is 0 Å². The van der Waals surface area contributed by atoms with Crippen molar-refractivity contribution in [2.24, 2.45) is 5.73 Å². The molecule has 2 aromatic carbocycles. The molecule has 0 unspecified atom stereocenters. The number of alkyl halides is 4. The Hall–Kier alpha value is -3.72. The molecular weight excluding hydrogens is 572 g/mol. The standard InChI is InChI=1S/C24H31FN4O4S.C2HF3O2/c1-16-5-11-20(12-6-16)34(32,33)28(4)19-9-7-17(8-10-19)21(23(30)27(2)3)22(26)24(31)29-14-13-18(25)15-29;3-2(4,5)1(6)7/h5-12,18,21-22H,13-15,26H2,1-4H3;(H,6,7)/t18-,21-,22-;/m0./s1. The molecule has 0 spiro atoms. The number of aliphatic carboxylic acids is 1. The van der Waals surface area contributed by atoms with Crippen LogP contribution in [-0.4, -0.2) is 93.7 Å². The zero-order valence-corrected chi connectivity index (χ0v) is 23.6. The molecule has 2 aromatic rings. The lowest BCUT2D eigenvalue weighted by Crippen LogP contribution is -2.50. The number of amides is 2. The first-order valence-electron chi connectivity index (χ1n) is 12.2. The van der Waals surface area contributed by atoms with Gasteiger partial charge in [0.25, 0.3) is 10.0 Å². The van der Waals surface area contributed by atoms with Gasteiger partial charge in [0.05, 0.1) is 23.0 Å². The van der Waals surface area contributed by atoms with Crippen LogP contribution in [0.4, 0.5) is 23.2 Å². The minimum atomic E-state index is -5.08. The lowest BCUT2D eigenvalue weighted by atomic mass is 9.89. The van der Waals surface area contributed by atoms with Crippen LogP contribution in [0, 0.1) is 6.92 Å². The van der Waals surface area contributed by atoms with E-state index in [1.807, 2.05) is 6.92 Å². The Kier molecular flexibility index (Phi) is 10.9. The largest absolute Gasteiger partial charge is 0.490 e. The number of hydrogen-bond donors (Lipinski definition) is 2. The minimum absolute atomic E-state index is 0.0317. The molecule has 226 valence electrons. The first-order valence-corrected chi connectivity index (χ1v) is 13.7. The molecule has 0 saturated carbocycles. The fourth-order valence-electron chi connectivity index (χ4n) is 3.95. The van der Waals surface area contributed by atoms with Crippen molar-refractivity contribution >= 4 is 33.5 Å². The number of benzene rings is 2. The molecule has 3 rings (SSSR count). The smallest absolute Gasteiger partial charge is 0.475 e. The number of halogens is 4. The van der Waals surface area contributed by atoms with Gasteiger partial charge in [0.2, 0.25) is 11.8 Å². The van der Waals surface area contributed by atoms with Crippen LogP contribution < -0.4 is 10.0 Å². The number of carboxylic acid groups (broad SMARTS) is 1. The highest BCUT2D eigenvalue weighted by molar-refractivity contribution is 7.92. The second-order valence-electron chi connectivity index (χ2n) is 9.59. The van der Waals surface area contributed by atoms with Gasteiger partial charge in [-0.25, -0.2) is 17.6 Å². The van der Waals surface area contributed by atoms with Gasteiger partial charge in [-0.2, -0.15) is 13.2 Å². The average molecular weight is 605 g/mol. The maximum atomic E-state index is 13.6. The summed E-state index contributed by atoms with van der Waals surface area (Å²) in [5, 5.41) is 7.12. The third-order valence-corrected chi connectivity index (χ3v) is 8.13. The van der Waals surface area contributed by atoms with Crippen LogP contribution in [0.5, 0.6) is 0 Å². The predicted molar refractivity (Wildman–Crippen MR) is 142 cm³/mol. The van der Waals surface area contributed by atoms with Crippen LogP contribution in [-0.2, 0) is 24.4 Å². The van der Waals surface area contributed by atoms with Crippen LogP contribution in [0.2, 0.25) is 0 Å². The van der Waals surface area contributed by atoms with Gasteiger partial charge < -0.3 is 20.6 Å². The molecule has 15 heteroatoms. The number of hydrogen-bond acceptors (Lipinski definition) is 6. The van der Waals surface area contributed by atoms with Crippen molar-refractivity contribution in [3.05, 3.63) is 59.7 Å². The summed E-state index contributed by atoms with van der Waals surface area (Å²) in [6.07, 6.45) is -5.93. The Morgan fingerprint density at radius 3 is 1.95 bits per heavy atom. The van der Waals surface area contributed by atoms with E-state index in [-0.39, 0.29) is 30.3 Å². The Bertz CT molecular complexity index is 1340. The molecule has 3 N–H and O–H groups in total. The Morgan fingerprint density at radius 1 is 1.02 bits per heavy atom. The first-order chi connectivity index (χ1) is 18.9. The summed E-state index contributed by atoms with van der Waals surface area (Å²) in [6.45, 7) is 2.10. The van der Waals surface area contributed by atoms with E-state index >= 15 is 0 Å². The quantitative estimate of drug-likeness (QED) is 0.463. The average Bonchev–Trinajstić information content (AvgIpc) is 3.34. The zero-order chi connectivity index (χ0) is 31.3. The second kappa shape index (κ2) is 13.3. The highest BCUT2D eigenvalue weighted by Crippen LogP contribution is 2.28. The molecule has 3 atom stereocenters. The first kappa shape index (κ1) is 33.5. The van der Waals surface area contributed by atoms with Gasteiger partial charge >= 0.3 is 12.1 Å². The maximum absolute atomic E-state index is 13.6. The lowest BCUT2D eigenvalue weighted by Gasteiger charge is -2.29. The van der Waals surface area contributed by atoms with E-state index < -0.39 is 46.2 Å². The van der Waals surface area contributed by atoms with Crippen molar-refractivity contribution < 1.29 is 45.5 Å². The molecule has 0 aliphatic carbocycles. The number of carboxylic acids is 1. The van der Waals surface area contributed by atoms with E-state index in [9.17, 15) is 35.6 Å². The van der Waals surface area contributed by atoms with Gasteiger partial charge in [-0.1, -0.05) is 29.8 Å². The number of anilines is 1. The highest BCUT2D eigenvalue weighted by Gasteiger charge is 2.39. The molecule has 1 fully saturated rings. The maximum Gasteiger partial charge on any atom is 0.490 e. The van der Waals surface area contributed by atoms with Crippen LogP contribution in [0.1, 0.15) is 23.5 Å². The monoisotopic (exact) mass is 604 g/mol. The van der Waals surface area contributed by atoms with E-state index in [4.69, 9.17) is 15.6 Å². The van der Waals surface area contributed by atoms with Crippen LogP contribution >= 0.6 is 0 Å². The SMILES string of the molecule is Cc1ccc(S(=O)(=O)N(C)c2ccc([C@H](C(=O)N(C)C)[C@H](N)C(=O)N3CC[C@H](F)C3)cc2)cc1.O=C(O)C(F)(F)F. The summed E-state index contributed by atoms with van der Waals surface area (Å²) in [7, 11) is 0.798. The number of carbonyl (C=O) groups excluding carboxylic acids is 2. The topological polar surface area (TPSA) is 141 Å². The summed E-state index contributed by atoms with van der Waals surface area (Å²) in [4.78, 5) is 37.6. The van der Waals surface area contributed by atoms with Crippen molar-refractivity contribution in [3.8, 4) is 0 Å². The van der Waals surface area contributed by atoms with Crippen molar-refractivity contribution in [2.45, 2.75) is 42.5 Å². The van der Waals surface area contributed by atoms with E-state index in [0.717, 1.165) is 9.87 Å². The minimum Gasteiger partial charge on any atom is -0.475 e. The number of aryl methyl sites for hydroxylation is 1. The second-order valence-corrected chi connectivity index (χ2v) is 11.6.